The number of hydrogen-bond acceptors (Lipinski definition) is 7. The predicted molar refractivity (Wildman–Crippen MR) is 127 cm³/mol. The molecule has 0 saturated carbocycles. The van der Waals surface area contributed by atoms with Gasteiger partial charge in [0.05, 0.1) is 12.1 Å². The van der Waals surface area contributed by atoms with Gasteiger partial charge in [0.2, 0.25) is 5.91 Å². The second-order valence-corrected chi connectivity index (χ2v) is 8.08. The zero-order valence-corrected chi connectivity index (χ0v) is 19.2. The molecule has 0 aliphatic carbocycles. The molecule has 2 atom stereocenters. The number of rotatable bonds is 10. The number of amidine groups is 1. The van der Waals surface area contributed by atoms with E-state index in [2.05, 4.69) is 15.8 Å². The van der Waals surface area contributed by atoms with E-state index in [1.54, 1.807) is 48.5 Å². The number of carbonyl (C=O) groups excluding carboxylic acids is 2. The van der Waals surface area contributed by atoms with Crippen LogP contribution in [-0.4, -0.2) is 53.3 Å². The number of halogens is 1. The number of carboxylic acids is 1. The highest BCUT2D eigenvalue weighted by atomic mass is 35.5. The van der Waals surface area contributed by atoms with Crippen molar-refractivity contribution in [2.75, 3.05) is 6.54 Å². The number of carboxylic acid groups (broad SMARTS) is 1. The molecule has 6 N–H and O–H groups in total. The van der Waals surface area contributed by atoms with Gasteiger partial charge in [-0.2, -0.15) is 0 Å². The van der Waals surface area contributed by atoms with Crippen molar-refractivity contribution in [1.82, 2.24) is 10.6 Å². The van der Waals surface area contributed by atoms with Gasteiger partial charge in [0.25, 0.3) is 0 Å². The Balaban J connectivity index is 1.42. The zero-order chi connectivity index (χ0) is 25.4. The molecule has 0 saturated heterocycles. The molecular weight excluding hydrogens is 478 g/mol. The molecule has 1 heterocycles. The van der Waals surface area contributed by atoms with Gasteiger partial charge in [-0.25, -0.2) is 9.59 Å². The highest BCUT2D eigenvalue weighted by Gasteiger charge is 2.26. The average molecular weight is 502 g/mol. The number of nitrogen functional groups attached to an aromatic ring is 1. The number of hydrogen-bond donors (Lipinski definition) is 5. The third-order valence-corrected chi connectivity index (χ3v) is 5.45. The van der Waals surface area contributed by atoms with Crippen LogP contribution in [0.5, 0.6) is 0 Å². The normalized spacial score (nSPS) is 15.3. The second-order valence-electron chi connectivity index (χ2n) is 7.67. The van der Waals surface area contributed by atoms with Crippen LogP contribution in [0.4, 0.5) is 4.79 Å². The average Bonchev–Trinajstić information content (AvgIpc) is 3.29. The van der Waals surface area contributed by atoms with Crippen molar-refractivity contribution in [2.45, 2.75) is 31.6 Å². The lowest BCUT2D eigenvalue weighted by Gasteiger charge is -2.16. The number of benzene rings is 2. The summed E-state index contributed by atoms with van der Waals surface area (Å²) >= 11 is 6.00. The molecule has 0 radical (unpaired) electrons. The van der Waals surface area contributed by atoms with E-state index < -0.39 is 30.1 Å². The molecule has 12 heteroatoms. The molecule has 0 fully saturated rings. The van der Waals surface area contributed by atoms with Crippen LogP contribution in [0.3, 0.4) is 0 Å². The summed E-state index contributed by atoms with van der Waals surface area (Å²) in [6.07, 6.45) is -1.15. The minimum atomic E-state index is -1.39. The maximum atomic E-state index is 12.3. The van der Waals surface area contributed by atoms with E-state index in [4.69, 9.17) is 32.3 Å². The molecule has 2 amide bonds. The molecule has 0 aromatic heterocycles. The number of ether oxygens (including phenoxy) is 1. The molecule has 1 aliphatic heterocycles. The van der Waals surface area contributed by atoms with Crippen LogP contribution in [-0.2, 0) is 25.8 Å². The van der Waals surface area contributed by atoms with E-state index in [-0.39, 0.29) is 25.4 Å². The summed E-state index contributed by atoms with van der Waals surface area (Å²) in [7, 11) is 0. The second kappa shape index (κ2) is 11.8. The fraction of sp³-hybridized carbons (Fsp3) is 0.261. The Labute approximate surface area is 205 Å². The van der Waals surface area contributed by atoms with Crippen LogP contribution in [0, 0.1) is 5.41 Å². The summed E-state index contributed by atoms with van der Waals surface area (Å²) in [6, 6.07) is 12.3. The largest absolute Gasteiger partial charge is 0.480 e. The number of nitrogens with one attached hydrogen (secondary N) is 3. The van der Waals surface area contributed by atoms with E-state index in [1.807, 2.05) is 0 Å². The molecule has 0 bridgehead atoms. The van der Waals surface area contributed by atoms with Gasteiger partial charge in [-0.3, -0.25) is 10.2 Å². The summed E-state index contributed by atoms with van der Waals surface area (Å²) in [5.41, 5.74) is 8.02. The highest BCUT2D eigenvalue weighted by molar-refractivity contribution is 6.31. The fourth-order valence-corrected chi connectivity index (χ4v) is 3.38. The molecule has 1 aliphatic rings. The van der Waals surface area contributed by atoms with Gasteiger partial charge in [-0.15, -0.1) is 0 Å². The number of aliphatic carboxylic acids is 1. The Kier molecular flexibility index (Phi) is 8.63. The molecule has 184 valence electrons. The Morgan fingerprint density at radius 2 is 1.94 bits per heavy atom. The summed E-state index contributed by atoms with van der Waals surface area (Å²) in [4.78, 5) is 41.1. The van der Waals surface area contributed by atoms with E-state index >= 15 is 0 Å². The molecular formula is C23H24ClN5O6. The number of carbonyl (C=O) groups is 3. The summed E-state index contributed by atoms with van der Waals surface area (Å²) in [5.74, 6) is -1.84. The first-order valence-electron chi connectivity index (χ1n) is 10.6. The highest BCUT2D eigenvalue weighted by Crippen LogP contribution is 2.19. The number of nitrogens with two attached hydrogens (primary N) is 1. The summed E-state index contributed by atoms with van der Waals surface area (Å²) < 4.78 is 5.01. The molecule has 1 unspecified atom stereocenters. The first-order valence-corrected chi connectivity index (χ1v) is 10.9. The maximum Gasteiger partial charge on any atom is 0.408 e. The van der Waals surface area contributed by atoms with Crippen LogP contribution in [0.2, 0.25) is 5.02 Å². The van der Waals surface area contributed by atoms with Crippen molar-refractivity contribution in [1.29, 1.82) is 5.41 Å². The van der Waals surface area contributed by atoms with E-state index in [1.165, 1.54) is 0 Å². The SMILES string of the molecule is N=C(N)c1ccc(C2=NOC(CC(=O)NC[C@H](NC(=O)OCc3ccccc3Cl)C(=O)O)C2)cc1. The zero-order valence-electron chi connectivity index (χ0n) is 18.5. The third-order valence-electron chi connectivity index (χ3n) is 5.09. The Hall–Kier alpha value is -4.12. The lowest BCUT2D eigenvalue weighted by Crippen LogP contribution is -2.48. The van der Waals surface area contributed by atoms with Crippen molar-refractivity contribution in [3.63, 3.8) is 0 Å². The van der Waals surface area contributed by atoms with Crippen molar-refractivity contribution < 1.29 is 29.1 Å². The first-order chi connectivity index (χ1) is 16.7. The van der Waals surface area contributed by atoms with Crippen molar-refractivity contribution in [3.05, 3.63) is 70.2 Å². The van der Waals surface area contributed by atoms with Gasteiger partial charge in [-0.1, -0.05) is 59.2 Å². The molecule has 35 heavy (non-hydrogen) atoms. The first kappa shape index (κ1) is 25.5. The molecule has 0 spiro atoms. The third kappa shape index (κ3) is 7.44. The molecule has 2 aromatic carbocycles. The quantitative estimate of drug-likeness (QED) is 0.244. The Bertz CT molecular complexity index is 1140. The minimum absolute atomic E-state index is 0.0429. The summed E-state index contributed by atoms with van der Waals surface area (Å²) in [6.45, 7) is -0.481. The van der Waals surface area contributed by atoms with Crippen molar-refractivity contribution >= 4 is 41.1 Å². The van der Waals surface area contributed by atoms with Crippen LogP contribution in [0.25, 0.3) is 0 Å². The Morgan fingerprint density at radius 3 is 2.60 bits per heavy atom. The van der Waals surface area contributed by atoms with Gasteiger partial charge in [0, 0.05) is 29.1 Å². The van der Waals surface area contributed by atoms with Gasteiger partial charge in [0.1, 0.15) is 24.6 Å². The number of amides is 2. The van der Waals surface area contributed by atoms with Crippen LogP contribution >= 0.6 is 11.6 Å². The minimum Gasteiger partial charge on any atom is -0.480 e. The maximum absolute atomic E-state index is 12.3. The Morgan fingerprint density at radius 1 is 1.23 bits per heavy atom. The predicted octanol–water partition coefficient (Wildman–Crippen LogP) is 2.00. The fourth-order valence-electron chi connectivity index (χ4n) is 3.19. The van der Waals surface area contributed by atoms with Crippen molar-refractivity contribution in [3.8, 4) is 0 Å². The lowest BCUT2D eigenvalue weighted by molar-refractivity contribution is -0.139. The van der Waals surface area contributed by atoms with Gasteiger partial charge < -0.3 is 31.0 Å². The van der Waals surface area contributed by atoms with Crippen molar-refractivity contribution in [2.24, 2.45) is 10.9 Å². The van der Waals surface area contributed by atoms with Gasteiger partial charge >= 0.3 is 12.1 Å². The standard InChI is InChI=1S/C23H24ClN5O6/c24-17-4-2-1-3-15(17)12-34-23(33)28-19(22(31)32)11-27-20(30)10-16-9-18(29-35-16)13-5-7-14(8-6-13)21(25)26/h1-8,16,19H,9-12H2,(H3,25,26)(H,27,30)(H,28,33)(H,31,32)/t16?,19-/m0/s1. The number of oxime groups is 1. The van der Waals surface area contributed by atoms with Gasteiger partial charge in [-0.05, 0) is 11.6 Å². The smallest absolute Gasteiger partial charge is 0.408 e. The molecule has 2 aromatic rings. The van der Waals surface area contributed by atoms with Gasteiger partial charge in [0.15, 0.2) is 0 Å². The van der Waals surface area contributed by atoms with E-state index in [9.17, 15) is 19.5 Å². The summed E-state index contributed by atoms with van der Waals surface area (Å²) in [5, 5.41) is 25.9. The van der Waals surface area contributed by atoms with Crippen LogP contribution in [0.15, 0.2) is 53.7 Å². The molecule has 3 rings (SSSR count). The molecule has 11 nitrogen and oxygen atoms in total. The van der Waals surface area contributed by atoms with Crippen LogP contribution < -0.4 is 16.4 Å². The number of nitrogens with zero attached hydrogens (tertiary/aromatic N) is 1. The monoisotopic (exact) mass is 501 g/mol. The van der Waals surface area contributed by atoms with Crippen LogP contribution in [0.1, 0.15) is 29.5 Å². The van der Waals surface area contributed by atoms with E-state index in [0.29, 0.717) is 28.3 Å². The van der Waals surface area contributed by atoms with E-state index in [0.717, 1.165) is 5.56 Å². The number of alkyl carbamates (subject to hydrolysis) is 1. The topological polar surface area (TPSA) is 176 Å². The lowest BCUT2D eigenvalue weighted by atomic mass is 10.0.